The van der Waals surface area contributed by atoms with Gasteiger partial charge in [0.25, 0.3) is 11.8 Å². The molecule has 0 unspecified atom stereocenters. The molecule has 1 heterocycles. The minimum Gasteiger partial charge on any atom is -0.508 e. The van der Waals surface area contributed by atoms with Crippen molar-refractivity contribution in [3.63, 3.8) is 0 Å². The van der Waals surface area contributed by atoms with E-state index < -0.39 is 5.91 Å². The van der Waals surface area contributed by atoms with Crippen LogP contribution in [0, 0.1) is 0 Å². The predicted octanol–water partition coefficient (Wildman–Crippen LogP) is 2.88. The molecule has 1 aliphatic heterocycles. The maximum atomic E-state index is 12.3. The Morgan fingerprint density at radius 3 is 2.59 bits per heavy atom. The van der Waals surface area contributed by atoms with E-state index in [1.165, 1.54) is 18.2 Å². The summed E-state index contributed by atoms with van der Waals surface area (Å²) in [6.45, 7) is 0. The van der Waals surface area contributed by atoms with Crippen LogP contribution < -0.4 is 10.6 Å². The van der Waals surface area contributed by atoms with E-state index >= 15 is 0 Å². The molecule has 0 saturated carbocycles. The van der Waals surface area contributed by atoms with Crippen LogP contribution in [0.5, 0.6) is 5.75 Å². The van der Waals surface area contributed by atoms with E-state index in [1.54, 1.807) is 30.3 Å². The Labute approximate surface area is 134 Å². The Morgan fingerprint density at radius 1 is 1.00 bits per heavy atom. The molecule has 0 radical (unpaired) electrons. The van der Waals surface area contributed by atoms with Gasteiger partial charge in [0, 0.05) is 4.47 Å². The number of carbonyl (C=O) groups is 2. The lowest BCUT2D eigenvalue weighted by molar-refractivity contribution is -0.113. The maximum absolute atomic E-state index is 12.3. The summed E-state index contributed by atoms with van der Waals surface area (Å²) in [5.74, 6) is -0.708. The molecule has 2 aromatic rings. The third-order valence-electron chi connectivity index (χ3n) is 3.15. The fraction of sp³-hybridized carbons (Fsp3) is 0. The van der Waals surface area contributed by atoms with Crippen LogP contribution in [0.25, 0.3) is 6.08 Å². The Morgan fingerprint density at radius 2 is 1.82 bits per heavy atom. The summed E-state index contributed by atoms with van der Waals surface area (Å²) >= 11 is 3.30. The molecule has 0 spiro atoms. The summed E-state index contributed by atoms with van der Waals surface area (Å²) in [6, 6.07) is 11.5. The third-order valence-corrected chi connectivity index (χ3v) is 3.64. The average molecular weight is 359 g/mol. The molecular weight excluding hydrogens is 348 g/mol. The minimum atomic E-state index is -0.419. The van der Waals surface area contributed by atoms with Gasteiger partial charge in [-0.15, -0.1) is 0 Å². The van der Waals surface area contributed by atoms with Gasteiger partial charge < -0.3 is 15.7 Å². The van der Waals surface area contributed by atoms with E-state index in [-0.39, 0.29) is 17.4 Å². The van der Waals surface area contributed by atoms with Crippen LogP contribution in [0.3, 0.4) is 0 Å². The van der Waals surface area contributed by atoms with Gasteiger partial charge in [-0.05, 0) is 42.0 Å². The van der Waals surface area contributed by atoms with Crippen molar-refractivity contribution in [2.24, 2.45) is 0 Å². The molecule has 110 valence electrons. The van der Waals surface area contributed by atoms with Crippen LogP contribution in [0.1, 0.15) is 15.9 Å². The summed E-state index contributed by atoms with van der Waals surface area (Å²) in [5, 5.41) is 14.7. The molecule has 0 fully saturated rings. The number of fused-ring (bicyclic) bond motifs is 1. The first kappa shape index (κ1) is 14.3. The first-order valence-corrected chi connectivity index (χ1v) is 7.25. The van der Waals surface area contributed by atoms with E-state index in [1.807, 2.05) is 0 Å². The van der Waals surface area contributed by atoms with E-state index in [0.717, 1.165) is 4.47 Å². The van der Waals surface area contributed by atoms with Crippen molar-refractivity contribution in [3.8, 4) is 5.75 Å². The molecule has 0 aromatic heterocycles. The smallest absolute Gasteiger partial charge is 0.272 e. The summed E-state index contributed by atoms with van der Waals surface area (Å²) in [5.41, 5.74) is 1.55. The Kier molecular flexibility index (Phi) is 3.68. The fourth-order valence-electron chi connectivity index (χ4n) is 2.13. The van der Waals surface area contributed by atoms with E-state index in [4.69, 9.17) is 0 Å². The standard InChI is InChI=1S/C16H11BrN2O3/c17-10-4-5-13-12(8-10)15(21)19-14(16(22)18-13)7-9-2-1-3-11(20)6-9/h1-8,20H,(H,18,22)(H,19,21). The zero-order valence-electron chi connectivity index (χ0n) is 11.3. The second kappa shape index (κ2) is 5.65. The molecular formula is C16H11BrN2O3. The number of nitrogens with one attached hydrogen (secondary N) is 2. The van der Waals surface area contributed by atoms with Gasteiger partial charge in [-0.3, -0.25) is 9.59 Å². The number of amides is 2. The number of phenols is 1. The lowest BCUT2D eigenvalue weighted by Crippen LogP contribution is -2.26. The van der Waals surface area contributed by atoms with Gasteiger partial charge >= 0.3 is 0 Å². The van der Waals surface area contributed by atoms with Gasteiger partial charge in [-0.25, -0.2) is 0 Å². The van der Waals surface area contributed by atoms with Crippen LogP contribution in [-0.4, -0.2) is 16.9 Å². The average Bonchev–Trinajstić information content (AvgIpc) is 2.58. The van der Waals surface area contributed by atoms with Gasteiger partial charge in [0.1, 0.15) is 11.4 Å². The van der Waals surface area contributed by atoms with Gasteiger partial charge in [-0.1, -0.05) is 28.1 Å². The maximum Gasteiger partial charge on any atom is 0.272 e. The second-order valence-corrected chi connectivity index (χ2v) is 5.67. The molecule has 3 rings (SSSR count). The molecule has 5 nitrogen and oxygen atoms in total. The van der Waals surface area contributed by atoms with E-state index in [2.05, 4.69) is 26.6 Å². The monoisotopic (exact) mass is 358 g/mol. The van der Waals surface area contributed by atoms with E-state index in [0.29, 0.717) is 16.8 Å². The summed E-state index contributed by atoms with van der Waals surface area (Å²) < 4.78 is 0.746. The number of aromatic hydroxyl groups is 1. The molecule has 2 amide bonds. The number of rotatable bonds is 1. The van der Waals surface area contributed by atoms with Crippen LogP contribution in [0.4, 0.5) is 5.69 Å². The lowest BCUT2D eigenvalue weighted by atomic mass is 10.1. The quantitative estimate of drug-likeness (QED) is 0.685. The van der Waals surface area contributed by atoms with Crippen molar-refractivity contribution in [2.45, 2.75) is 0 Å². The molecule has 0 bridgehead atoms. The number of anilines is 1. The topological polar surface area (TPSA) is 78.4 Å². The van der Waals surface area contributed by atoms with Crippen LogP contribution >= 0.6 is 15.9 Å². The Bertz CT molecular complexity index is 815. The largest absolute Gasteiger partial charge is 0.508 e. The number of benzene rings is 2. The molecule has 3 N–H and O–H groups in total. The molecule has 2 aromatic carbocycles. The SMILES string of the molecule is O=C1Nc2ccc(Br)cc2C(=O)NC1=Cc1cccc(O)c1. The molecule has 6 heteroatoms. The van der Waals surface area contributed by atoms with Crippen molar-refractivity contribution in [2.75, 3.05) is 5.32 Å². The minimum absolute atomic E-state index is 0.0851. The first-order chi connectivity index (χ1) is 10.5. The Balaban J connectivity index is 2.00. The zero-order chi connectivity index (χ0) is 15.7. The molecule has 22 heavy (non-hydrogen) atoms. The number of carbonyl (C=O) groups excluding carboxylic acids is 2. The van der Waals surface area contributed by atoms with Crippen molar-refractivity contribution in [1.29, 1.82) is 0 Å². The highest BCUT2D eigenvalue weighted by Gasteiger charge is 2.23. The normalized spacial score (nSPS) is 15.8. The highest BCUT2D eigenvalue weighted by Crippen LogP contribution is 2.24. The molecule has 0 atom stereocenters. The number of phenolic OH excluding ortho intramolecular Hbond substituents is 1. The second-order valence-electron chi connectivity index (χ2n) is 4.75. The summed E-state index contributed by atoms with van der Waals surface area (Å²) in [4.78, 5) is 24.5. The van der Waals surface area contributed by atoms with Crippen molar-refractivity contribution in [1.82, 2.24) is 5.32 Å². The van der Waals surface area contributed by atoms with Crippen LogP contribution in [0.15, 0.2) is 52.6 Å². The van der Waals surface area contributed by atoms with Crippen molar-refractivity contribution >= 4 is 39.5 Å². The number of hydrogen-bond acceptors (Lipinski definition) is 3. The van der Waals surface area contributed by atoms with Gasteiger partial charge in [-0.2, -0.15) is 0 Å². The van der Waals surface area contributed by atoms with Gasteiger partial charge in [0.15, 0.2) is 0 Å². The van der Waals surface area contributed by atoms with Crippen molar-refractivity contribution < 1.29 is 14.7 Å². The van der Waals surface area contributed by atoms with Gasteiger partial charge in [0.05, 0.1) is 11.3 Å². The molecule has 0 aliphatic carbocycles. The van der Waals surface area contributed by atoms with Crippen LogP contribution in [0.2, 0.25) is 0 Å². The summed E-state index contributed by atoms with van der Waals surface area (Å²) in [6.07, 6.45) is 1.51. The van der Waals surface area contributed by atoms with E-state index in [9.17, 15) is 14.7 Å². The van der Waals surface area contributed by atoms with Crippen LogP contribution in [-0.2, 0) is 4.79 Å². The first-order valence-electron chi connectivity index (χ1n) is 6.46. The zero-order valence-corrected chi connectivity index (χ0v) is 12.8. The molecule has 1 aliphatic rings. The fourth-order valence-corrected chi connectivity index (χ4v) is 2.49. The Hall–Kier alpha value is -2.60. The van der Waals surface area contributed by atoms with Gasteiger partial charge in [0.2, 0.25) is 0 Å². The lowest BCUT2D eigenvalue weighted by Gasteiger charge is -2.04. The summed E-state index contributed by atoms with van der Waals surface area (Å²) in [7, 11) is 0. The third kappa shape index (κ3) is 2.87. The number of halogens is 1. The number of hydrogen-bond donors (Lipinski definition) is 3. The highest BCUT2D eigenvalue weighted by atomic mass is 79.9. The molecule has 0 saturated heterocycles. The van der Waals surface area contributed by atoms with Crippen molar-refractivity contribution in [3.05, 3.63) is 63.8 Å². The predicted molar refractivity (Wildman–Crippen MR) is 86.3 cm³/mol. The highest BCUT2D eigenvalue weighted by molar-refractivity contribution is 9.10.